The van der Waals surface area contributed by atoms with Crippen molar-refractivity contribution < 1.29 is 28.5 Å². The van der Waals surface area contributed by atoms with Crippen LogP contribution in [0.4, 0.5) is 0 Å². The lowest BCUT2D eigenvalue weighted by molar-refractivity contribution is -0.133. The molecule has 2 aromatic carbocycles. The van der Waals surface area contributed by atoms with Gasteiger partial charge < -0.3 is 28.6 Å². The molecule has 2 aliphatic rings. The molecule has 0 radical (unpaired) electrons. The average Bonchev–Trinajstić information content (AvgIpc) is 2.83. The number of rotatable bonds is 6. The Morgan fingerprint density at radius 1 is 0.906 bits per heavy atom. The zero-order valence-corrected chi connectivity index (χ0v) is 19.2. The minimum absolute atomic E-state index is 0.0866. The molecule has 7 nitrogen and oxygen atoms in total. The van der Waals surface area contributed by atoms with E-state index >= 15 is 0 Å². The van der Waals surface area contributed by atoms with Crippen LogP contribution in [0, 0.1) is 0 Å². The summed E-state index contributed by atoms with van der Waals surface area (Å²) in [5.41, 5.74) is 3.11. The summed E-state index contributed by atoms with van der Waals surface area (Å²) in [6.07, 6.45) is 2.04. The molecule has 4 rings (SSSR count). The van der Waals surface area contributed by atoms with Crippen LogP contribution >= 0.6 is 0 Å². The van der Waals surface area contributed by atoms with Gasteiger partial charge in [-0.1, -0.05) is 6.07 Å². The zero-order valence-electron chi connectivity index (χ0n) is 19.2. The van der Waals surface area contributed by atoms with Crippen LogP contribution in [-0.2, 0) is 27.9 Å². The lowest BCUT2D eigenvalue weighted by atomic mass is 9.69. The van der Waals surface area contributed by atoms with Crippen molar-refractivity contribution in [2.24, 2.45) is 0 Å². The van der Waals surface area contributed by atoms with E-state index in [4.69, 9.17) is 23.7 Å². The summed E-state index contributed by atoms with van der Waals surface area (Å²) in [5.74, 6) is 2.77. The maximum atomic E-state index is 13.4. The van der Waals surface area contributed by atoms with Crippen LogP contribution in [0.5, 0.6) is 23.0 Å². The largest absolute Gasteiger partial charge is 0.493 e. The molecule has 0 atom stereocenters. The maximum Gasteiger partial charge on any atom is 0.227 e. The van der Waals surface area contributed by atoms with Gasteiger partial charge in [-0.2, -0.15) is 0 Å². The van der Waals surface area contributed by atoms with E-state index in [-0.39, 0.29) is 11.3 Å². The van der Waals surface area contributed by atoms with E-state index in [1.54, 1.807) is 28.4 Å². The molecular weight excluding hydrogens is 410 g/mol. The smallest absolute Gasteiger partial charge is 0.227 e. The normalized spacial score (nSPS) is 16.9. The third-order valence-corrected chi connectivity index (χ3v) is 6.64. The molecule has 172 valence electrons. The van der Waals surface area contributed by atoms with Gasteiger partial charge in [0, 0.05) is 31.7 Å². The highest BCUT2D eigenvalue weighted by atomic mass is 16.5. The Kier molecular flexibility index (Phi) is 6.46. The van der Waals surface area contributed by atoms with Crippen LogP contribution in [0.2, 0.25) is 0 Å². The molecule has 0 aliphatic carbocycles. The molecule has 2 aromatic rings. The first-order chi connectivity index (χ1) is 15.5. The highest BCUT2D eigenvalue weighted by Crippen LogP contribution is 2.45. The molecule has 32 heavy (non-hydrogen) atoms. The fourth-order valence-corrected chi connectivity index (χ4v) is 4.90. The second-order valence-corrected chi connectivity index (χ2v) is 8.37. The van der Waals surface area contributed by atoms with Gasteiger partial charge in [0.05, 0.1) is 34.9 Å². The number of carbonyl (C=O) groups excluding carboxylic acids is 1. The van der Waals surface area contributed by atoms with Gasteiger partial charge in [-0.15, -0.1) is 0 Å². The van der Waals surface area contributed by atoms with E-state index in [2.05, 4.69) is 6.07 Å². The summed E-state index contributed by atoms with van der Waals surface area (Å²) in [7, 11) is 6.49. The number of nitrogens with zero attached hydrogens (tertiary/aromatic N) is 1. The zero-order chi connectivity index (χ0) is 22.7. The number of amides is 1. The van der Waals surface area contributed by atoms with Crippen molar-refractivity contribution in [1.82, 2.24) is 4.90 Å². The van der Waals surface area contributed by atoms with Crippen molar-refractivity contribution in [1.29, 1.82) is 0 Å². The van der Waals surface area contributed by atoms with Gasteiger partial charge in [-0.05, 0) is 53.8 Å². The number of carbonyl (C=O) groups is 1. The van der Waals surface area contributed by atoms with Gasteiger partial charge in [-0.25, -0.2) is 0 Å². The Morgan fingerprint density at radius 3 is 2.19 bits per heavy atom. The minimum Gasteiger partial charge on any atom is -0.493 e. The van der Waals surface area contributed by atoms with Crippen molar-refractivity contribution in [3.63, 3.8) is 0 Å². The standard InChI is InChI=1S/C25H31NO6/c1-28-20-6-5-17(11-21(20)29-2)12-24(27)26-15-18-13-22(30-3)23(31-4)14-19(18)25(16-26)7-9-32-10-8-25/h5-6,11,13-14H,7-10,12,15-16H2,1-4H3. The number of hydrogen-bond acceptors (Lipinski definition) is 6. The van der Waals surface area contributed by atoms with E-state index < -0.39 is 0 Å². The Hall–Kier alpha value is -2.93. The molecule has 2 aliphatic heterocycles. The first-order valence-electron chi connectivity index (χ1n) is 10.9. The highest BCUT2D eigenvalue weighted by Gasteiger charge is 2.43. The Labute approximate surface area is 189 Å². The Bertz CT molecular complexity index is 983. The summed E-state index contributed by atoms with van der Waals surface area (Å²) < 4.78 is 27.5. The molecular formula is C25H31NO6. The molecule has 1 fully saturated rings. The number of ether oxygens (including phenoxy) is 5. The van der Waals surface area contributed by atoms with E-state index in [9.17, 15) is 4.79 Å². The van der Waals surface area contributed by atoms with E-state index in [0.29, 0.717) is 50.0 Å². The lowest BCUT2D eigenvalue weighted by Gasteiger charge is -2.46. The quantitative estimate of drug-likeness (QED) is 0.685. The lowest BCUT2D eigenvalue weighted by Crippen LogP contribution is -2.50. The van der Waals surface area contributed by atoms with E-state index in [0.717, 1.165) is 29.7 Å². The van der Waals surface area contributed by atoms with Crippen LogP contribution in [0.25, 0.3) is 0 Å². The fraction of sp³-hybridized carbons (Fsp3) is 0.480. The van der Waals surface area contributed by atoms with Crippen LogP contribution in [-0.4, -0.2) is 59.0 Å². The molecule has 2 heterocycles. The number of fused-ring (bicyclic) bond motifs is 2. The molecule has 0 N–H and O–H groups in total. The average molecular weight is 442 g/mol. The minimum atomic E-state index is -0.140. The second-order valence-electron chi connectivity index (χ2n) is 8.37. The molecule has 7 heteroatoms. The van der Waals surface area contributed by atoms with Crippen LogP contribution in [0.3, 0.4) is 0 Å². The highest BCUT2D eigenvalue weighted by molar-refractivity contribution is 5.80. The van der Waals surface area contributed by atoms with Crippen LogP contribution in [0.15, 0.2) is 30.3 Å². The van der Waals surface area contributed by atoms with Gasteiger partial charge in [0.25, 0.3) is 0 Å². The Balaban J connectivity index is 1.64. The van der Waals surface area contributed by atoms with Gasteiger partial charge in [0.2, 0.25) is 5.91 Å². The molecule has 0 saturated carbocycles. The summed E-state index contributed by atoms with van der Waals surface area (Å²) >= 11 is 0. The number of methoxy groups -OCH3 is 4. The van der Waals surface area contributed by atoms with Crippen LogP contribution < -0.4 is 18.9 Å². The molecule has 1 spiro atoms. The first-order valence-corrected chi connectivity index (χ1v) is 10.9. The number of hydrogen-bond donors (Lipinski definition) is 0. The van der Waals surface area contributed by atoms with Crippen molar-refractivity contribution in [2.45, 2.75) is 31.2 Å². The summed E-state index contributed by atoms with van der Waals surface area (Å²) in [4.78, 5) is 15.4. The first kappa shape index (κ1) is 22.3. The third kappa shape index (κ3) is 4.09. The van der Waals surface area contributed by atoms with Gasteiger partial charge in [0.1, 0.15) is 0 Å². The topological polar surface area (TPSA) is 66.5 Å². The fourth-order valence-electron chi connectivity index (χ4n) is 4.90. The Morgan fingerprint density at radius 2 is 1.53 bits per heavy atom. The third-order valence-electron chi connectivity index (χ3n) is 6.64. The van der Waals surface area contributed by atoms with Crippen LogP contribution in [0.1, 0.15) is 29.5 Å². The van der Waals surface area contributed by atoms with Gasteiger partial charge >= 0.3 is 0 Å². The monoisotopic (exact) mass is 441 g/mol. The predicted molar refractivity (Wildman–Crippen MR) is 120 cm³/mol. The SMILES string of the molecule is COc1ccc(CC(=O)N2Cc3cc(OC)c(OC)cc3C3(CCOCC3)C2)cc1OC. The summed E-state index contributed by atoms with van der Waals surface area (Å²) in [6.45, 7) is 2.59. The van der Waals surface area contributed by atoms with Gasteiger partial charge in [0.15, 0.2) is 23.0 Å². The summed E-state index contributed by atoms with van der Waals surface area (Å²) in [5, 5.41) is 0. The molecule has 1 amide bonds. The van der Waals surface area contributed by atoms with E-state index in [1.165, 1.54) is 5.56 Å². The number of benzene rings is 2. The van der Waals surface area contributed by atoms with Crippen molar-refractivity contribution in [3.8, 4) is 23.0 Å². The predicted octanol–water partition coefficient (Wildman–Crippen LogP) is 3.35. The molecule has 0 unspecified atom stereocenters. The van der Waals surface area contributed by atoms with Crippen molar-refractivity contribution in [3.05, 3.63) is 47.0 Å². The molecule has 0 bridgehead atoms. The van der Waals surface area contributed by atoms with Gasteiger partial charge in [-0.3, -0.25) is 4.79 Å². The second kappa shape index (κ2) is 9.28. The maximum absolute atomic E-state index is 13.4. The summed E-state index contributed by atoms with van der Waals surface area (Å²) in [6, 6.07) is 9.73. The van der Waals surface area contributed by atoms with Crippen molar-refractivity contribution >= 4 is 5.91 Å². The van der Waals surface area contributed by atoms with E-state index in [1.807, 2.05) is 29.2 Å². The van der Waals surface area contributed by atoms with Crippen molar-refractivity contribution in [2.75, 3.05) is 48.2 Å². The molecule has 0 aromatic heterocycles. The molecule has 1 saturated heterocycles.